The third-order valence-corrected chi connectivity index (χ3v) is 4.06. The van der Waals surface area contributed by atoms with E-state index in [1.54, 1.807) is 10.9 Å². The maximum atomic E-state index is 10.1. The molecule has 114 valence electrons. The third kappa shape index (κ3) is 3.74. The van der Waals surface area contributed by atoms with Crippen molar-refractivity contribution in [2.75, 3.05) is 13.6 Å². The Morgan fingerprint density at radius 3 is 3.00 bits per heavy atom. The molecule has 5 nitrogen and oxygen atoms in total. The largest absolute Gasteiger partial charge is 0.464 e. The summed E-state index contributed by atoms with van der Waals surface area (Å²) in [6, 6.07) is 6.01. The van der Waals surface area contributed by atoms with Crippen molar-refractivity contribution in [3.63, 3.8) is 0 Å². The van der Waals surface area contributed by atoms with Gasteiger partial charge in [0.05, 0.1) is 19.2 Å². The second-order valence-corrected chi connectivity index (χ2v) is 6.20. The molecule has 0 saturated heterocycles. The van der Waals surface area contributed by atoms with Gasteiger partial charge in [0.2, 0.25) is 0 Å². The van der Waals surface area contributed by atoms with Crippen LogP contribution in [0.5, 0.6) is 0 Å². The van der Waals surface area contributed by atoms with Gasteiger partial charge in [-0.05, 0) is 37.6 Å². The highest BCUT2D eigenvalue weighted by atomic mass is 16.3. The Balaban J connectivity index is 1.47. The number of nitrogens with zero attached hydrogens (tertiary/aromatic N) is 3. The third-order valence-electron chi connectivity index (χ3n) is 4.06. The number of rotatable bonds is 7. The van der Waals surface area contributed by atoms with Gasteiger partial charge in [-0.15, -0.1) is 0 Å². The first kappa shape index (κ1) is 14.4. The zero-order chi connectivity index (χ0) is 14.8. The molecule has 0 spiro atoms. The van der Waals surface area contributed by atoms with Gasteiger partial charge >= 0.3 is 0 Å². The molecule has 0 unspecified atom stereocenters. The topological polar surface area (TPSA) is 54.4 Å². The van der Waals surface area contributed by atoms with Crippen molar-refractivity contribution in [1.29, 1.82) is 0 Å². The van der Waals surface area contributed by atoms with Gasteiger partial charge in [0, 0.05) is 24.9 Å². The molecular weight excluding hydrogens is 266 g/mol. The van der Waals surface area contributed by atoms with Crippen LogP contribution in [0.25, 0.3) is 0 Å². The molecule has 5 heteroatoms. The van der Waals surface area contributed by atoms with Crippen molar-refractivity contribution in [3.05, 3.63) is 42.1 Å². The molecule has 1 aliphatic carbocycles. The summed E-state index contributed by atoms with van der Waals surface area (Å²) >= 11 is 0. The molecule has 2 aromatic rings. The van der Waals surface area contributed by atoms with E-state index in [1.807, 2.05) is 19.3 Å². The minimum atomic E-state index is -0.437. The average molecular weight is 289 g/mol. The van der Waals surface area contributed by atoms with Crippen LogP contribution in [0.4, 0.5) is 0 Å². The Morgan fingerprint density at radius 1 is 1.52 bits per heavy atom. The SMILES string of the molecule is C[C@@H]1C[C@H]1c1ccc(CN(C)C[C@H](O)Cn2cccn2)o1. The molecule has 1 N–H and O–H groups in total. The van der Waals surface area contributed by atoms with Gasteiger partial charge in [-0.1, -0.05) is 6.92 Å². The van der Waals surface area contributed by atoms with Crippen molar-refractivity contribution < 1.29 is 9.52 Å². The minimum Gasteiger partial charge on any atom is -0.464 e. The number of furan rings is 1. The summed E-state index contributed by atoms with van der Waals surface area (Å²) < 4.78 is 7.64. The van der Waals surface area contributed by atoms with Crippen LogP contribution in [0, 0.1) is 5.92 Å². The first-order chi connectivity index (χ1) is 10.1. The van der Waals surface area contributed by atoms with Gasteiger partial charge < -0.3 is 9.52 Å². The van der Waals surface area contributed by atoms with E-state index in [-0.39, 0.29) is 0 Å². The number of hydrogen-bond donors (Lipinski definition) is 1. The van der Waals surface area contributed by atoms with Crippen LogP contribution >= 0.6 is 0 Å². The van der Waals surface area contributed by atoms with Gasteiger partial charge in [0.1, 0.15) is 11.5 Å². The average Bonchev–Trinajstić information content (AvgIpc) is 2.83. The molecule has 2 aromatic heterocycles. The molecule has 1 saturated carbocycles. The van der Waals surface area contributed by atoms with E-state index in [1.165, 1.54) is 6.42 Å². The fourth-order valence-electron chi connectivity index (χ4n) is 2.77. The summed E-state index contributed by atoms with van der Waals surface area (Å²) in [5.41, 5.74) is 0. The van der Waals surface area contributed by atoms with E-state index in [0.29, 0.717) is 19.0 Å². The first-order valence-corrected chi connectivity index (χ1v) is 7.54. The van der Waals surface area contributed by atoms with Crippen molar-refractivity contribution >= 4 is 0 Å². The van der Waals surface area contributed by atoms with E-state index in [4.69, 9.17) is 4.42 Å². The van der Waals surface area contributed by atoms with Crippen LogP contribution in [0.1, 0.15) is 30.8 Å². The Morgan fingerprint density at radius 2 is 2.33 bits per heavy atom. The Labute approximate surface area is 125 Å². The molecule has 0 aliphatic heterocycles. The number of aliphatic hydroxyl groups is 1. The van der Waals surface area contributed by atoms with Crippen LogP contribution in [-0.2, 0) is 13.1 Å². The summed E-state index contributed by atoms with van der Waals surface area (Å²) in [4.78, 5) is 2.08. The Bertz CT molecular complexity index is 564. The predicted octanol–water partition coefficient (Wildman–Crippen LogP) is 2.09. The standard InChI is InChI=1S/C16H23N3O2/c1-12-8-15(12)16-5-4-14(21-16)11-18(2)9-13(20)10-19-7-3-6-17-19/h3-7,12-13,15,20H,8-11H2,1-2H3/t12-,13+,15-/m1/s1. The summed E-state index contributed by atoms with van der Waals surface area (Å²) in [6.45, 7) is 4.08. The van der Waals surface area contributed by atoms with Crippen LogP contribution in [0.15, 0.2) is 35.0 Å². The Hall–Kier alpha value is -1.59. The first-order valence-electron chi connectivity index (χ1n) is 7.54. The quantitative estimate of drug-likeness (QED) is 0.848. The maximum absolute atomic E-state index is 10.1. The normalized spacial score (nSPS) is 22.7. The molecule has 1 aliphatic rings. The molecule has 0 bridgehead atoms. The van der Waals surface area contributed by atoms with Gasteiger partial charge in [-0.2, -0.15) is 5.10 Å². The number of hydrogen-bond acceptors (Lipinski definition) is 4. The molecule has 0 radical (unpaired) electrons. The summed E-state index contributed by atoms with van der Waals surface area (Å²) in [6.07, 6.45) is 4.39. The zero-order valence-corrected chi connectivity index (χ0v) is 12.6. The lowest BCUT2D eigenvalue weighted by Crippen LogP contribution is -2.31. The lowest BCUT2D eigenvalue weighted by atomic mass is 10.3. The smallest absolute Gasteiger partial charge is 0.118 e. The van der Waals surface area contributed by atoms with Gasteiger partial charge in [0.25, 0.3) is 0 Å². The highest BCUT2D eigenvalue weighted by molar-refractivity contribution is 5.17. The van der Waals surface area contributed by atoms with E-state index < -0.39 is 6.10 Å². The highest BCUT2D eigenvalue weighted by Crippen LogP contribution is 2.47. The van der Waals surface area contributed by atoms with Gasteiger partial charge in [-0.25, -0.2) is 0 Å². The van der Waals surface area contributed by atoms with Crippen molar-refractivity contribution in [1.82, 2.24) is 14.7 Å². The number of aromatic nitrogens is 2. The van der Waals surface area contributed by atoms with E-state index in [0.717, 1.165) is 24.0 Å². The minimum absolute atomic E-state index is 0.437. The molecule has 1 fully saturated rings. The predicted molar refractivity (Wildman–Crippen MR) is 79.8 cm³/mol. The van der Waals surface area contributed by atoms with E-state index >= 15 is 0 Å². The van der Waals surface area contributed by atoms with Crippen molar-refractivity contribution in [2.45, 2.75) is 38.5 Å². The lowest BCUT2D eigenvalue weighted by Gasteiger charge is -2.19. The van der Waals surface area contributed by atoms with Crippen LogP contribution in [0.3, 0.4) is 0 Å². The van der Waals surface area contributed by atoms with Crippen molar-refractivity contribution in [3.8, 4) is 0 Å². The number of likely N-dealkylation sites (N-methyl/N-ethyl adjacent to an activating group) is 1. The summed E-state index contributed by atoms with van der Waals surface area (Å²) in [5.74, 6) is 3.47. The number of aliphatic hydroxyl groups excluding tert-OH is 1. The van der Waals surface area contributed by atoms with E-state index in [9.17, 15) is 5.11 Å². The second-order valence-electron chi connectivity index (χ2n) is 6.20. The fourth-order valence-corrected chi connectivity index (χ4v) is 2.77. The molecule has 3 atom stereocenters. The molecule has 21 heavy (non-hydrogen) atoms. The molecular formula is C16H23N3O2. The van der Waals surface area contributed by atoms with Crippen molar-refractivity contribution in [2.24, 2.45) is 5.92 Å². The van der Waals surface area contributed by atoms with Crippen LogP contribution in [0.2, 0.25) is 0 Å². The van der Waals surface area contributed by atoms with Crippen LogP contribution in [-0.4, -0.2) is 39.5 Å². The Kier molecular flexibility index (Phi) is 4.12. The highest BCUT2D eigenvalue weighted by Gasteiger charge is 2.36. The molecule has 0 amide bonds. The summed E-state index contributed by atoms with van der Waals surface area (Å²) in [7, 11) is 1.99. The second kappa shape index (κ2) is 6.03. The fraction of sp³-hybridized carbons (Fsp3) is 0.562. The molecule has 2 heterocycles. The van der Waals surface area contributed by atoms with Gasteiger partial charge in [0.15, 0.2) is 0 Å². The van der Waals surface area contributed by atoms with Crippen LogP contribution < -0.4 is 0 Å². The maximum Gasteiger partial charge on any atom is 0.118 e. The van der Waals surface area contributed by atoms with Gasteiger partial charge in [-0.3, -0.25) is 9.58 Å². The lowest BCUT2D eigenvalue weighted by molar-refractivity contribution is 0.101. The van der Waals surface area contributed by atoms with E-state index in [2.05, 4.69) is 29.1 Å². The summed E-state index contributed by atoms with van der Waals surface area (Å²) in [5, 5.41) is 14.2. The monoisotopic (exact) mass is 289 g/mol. The zero-order valence-electron chi connectivity index (χ0n) is 12.6. The molecule has 0 aromatic carbocycles. The molecule has 3 rings (SSSR count).